The zero-order valence-corrected chi connectivity index (χ0v) is 6.35. The van der Waals surface area contributed by atoms with E-state index in [2.05, 4.69) is 5.43 Å². The first kappa shape index (κ1) is 8.33. The maximum absolute atomic E-state index is 11.8. The zero-order valence-electron chi connectivity index (χ0n) is 5.60. The van der Waals surface area contributed by atoms with Gasteiger partial charge in [-0.15, -0.1) is 0 Å². The van der Waals surface area contributed by atoms with E-state index in [1.165, 1.54) is 11.2 Å². The fourth-order valence-corrected chi connectivity index (χ4v) is 0.880. The molecule has 0 saturated heterocycles. The lowest BCUT2D eigenvalue weighted by atomic mass is 10.5. The van der Waals surface area contributed by atoms with Crippen molar-refractivity contribution in [3.05, 3.63) is 23.5 Å². The van der Waals surface area contributed by atoms with E-state index in [0.29, 0.717) is 5.16 Å². The number of alkyl halides is 2. The number of hydrazine groups is 1. The largest absolute Gasteiger partial charge is 0.289 e. The molecule has 0 saturated carbocycles. The Balaban J connectivity index is 2.40. The summed E-state index contributed by atoms with van der Waals surface area (Å²) in [4.78, 5) is 0. The van der Waals surface area contributed by atoms with Gasteiger partial charge in [0, 0.05) is 6.20 Å². The Morgan fingerprint density at radius 2 is 2.36 bits per heavy atom. The molecule has 0 aromatic carbocycles. The van der Waals surface area contributed by atoms with E-state index in [1.807, 2.05) is 0 Å². The number of rotatable bonds is 2. The molecule has 0 amide bonds. The normalized spacial score (nSPS) is 16.7. The number of nitrogens with zero attached hydrogens (tertiary/aromatic N) is 1. The first-order chi connectivity index (χ1) is 5.18. The molecular weight excluding hydrogens is 174 g/mol. The Morgan fingerprint density at radius 3 is 2.91 bits per heavy atom. The van der Waals surface area contributed by atoms with E-state index in [-0.39, 0.29) is 6.54 Å². The highest BCUT2D eigenvalue weighted by atomic mass is 35.5. The van der Waals surface area contributed by atoms with E-state index in [4.69, 9.17) is 11.6 Å². The van der Waals surface area contributed by atoms with Gasteiger partial charge in [-0.25, -0.2) is 8.78 Å². The second-order valence-electron chi connectivity index (χ2n) is 2.01. The topological polar surface area (TPSA) is 15.3 Å². The number of hydrogen-bond donors (Lipinski definition) is 1. The van der Waals surface area contributed by atoms with Crippen LogP contribution in [-0.4, -0.2) is 18.0 Å². The van der Waals surface area contributed by atoms with E-state index < -0.39 is 6.43 Å². The van der Waals surface area contributed by atoms with Gasteiger partial charge in [0.25, 0.3) is 6.43 Å². The summed E-state index contributed by atoms with van der Waals surface area (Å²) in [5.74, 6) is 0. The van der Waals surface area contributed by atoms with Crippen LogP contribution in [0.2, 0.25) is 0 Å². The highest BCUT2D eigenvalue weighted by Crippen LogP contribution is 2.06. The summed E-state index contributed by atoms with van der Waals surface area (Å²) in [7, 11) is 0. The van der Waals surface area contributed by atoms with Crippen molar-refractivity contribution in [2.45, 2.75) is 6.43 Å². The molecule has 11 heavy (non-hydrogen) atoms. The molecule has 0 aromatic heterocycles. The van der Waals surface area contributed by atoms with Crippen molar-refractivity contribution in [1.82, 2.24) is 10.4 Å². The maximum Gasteiger partial charge on any atom is 0.257 e. The Morgan fingerprint density at radius 1 is 1.64 bits per heavy atom. The van der Waals surface area contributed by atoms with Crippen LogP contribution in [0.25, 0.3) is 0 Å². The quantitative estimate of drug-likeness (QED) is 0.651. The molecule has 0 bridgehead atoms. The fraction of sp³-hybridized carbons (Fsp3) is 0.333. The number of halogens is 3. The lowest BCUT2D eigenvalue weighted by Gasteiger charge is -2.23. The highest BCUT2D eigenvalue weighted by molar-refractivity contribution is 6.29. The Bertz CT molecular complexity index is 191. The van der Waals surface area contributed by atoms with Crippen LogP contribution < -0.4 is 5.43 Å². The minimum Gasteiger partial charge on any atom is -0.289 e. The molecular formula is C6H7ClF2N2. The van der Waals surface area contributed by atoms with Crippen LogP contribution in [0.3, 0.4) is 0 Å². The highest BCUT2D eigenvalue weighted by Gasteiger charge is 2.09. The summed E-state index contributed by atoms with van der Waals surface area (Å²) in [5.41, 5.74) is 2.54. The SMILES string of the molecule is FC(F)CN1C=CC=C(Cl)N1. The van der Waals surface area contributed by atoms with Crippen LogP contribution in [0.5, 0.6) is 0 Å². The Labute approximate surface area is 68.1 Å². The molecule has 1 heterocycles. The molecule has 62 valence electrons. The smallest absolute Gasteiger partial charge is 0.257 e. The molecule has 1 rings (SSSR count). The molecule has 0 atom stereocenters. The molecule has 0 fully saturated rings. The molecule has 1 N–H and O–H groups in total. The van der Waals surface area contributed by atoms with E-state index in [0.717, 1.165) is 0 Å². The van der Waals surface area contributed by atoms with Crippen LogP contribution in [-0.2, 0) is 0 Å². The van der Waals surface area contributed by atoms with Gasteiger partial charge in [-0.3, -0.25) is 10.4 Å². The molecule has 5 heteroatoms. The molecule has 1 aliphatic rings. The third-order valence-electron chi connectivity index (χ3n) is 1.09. The molecule has 0 aromatic rings. The minimum absolute atomic E-state index is 0.341. The van der Waals surface area contributed by atoms with E-state index in [9.17, 15) is 8.78 Å². The van der Waals surface area contributed by atoms with Crippen LogP contribution in [0.15, 0.2) is 23.5 Å². The molecule has 0 radical (unpaired) electrons. The van der Waals surface area contributed by atoms with Crippen molar-refractivity contribution in [2.24, 2.45) is 0 Å². The first-order valence-corrected chi connectivity index (χ1v) is 3.42. The van der Waals surface area contributed by atoms with Crippen LogP contribution in [0, 0.1) is 0 Å². The van der Waals surface area contributed by atoms with Gasteiger partial charge in [-0.2, -0.15) is 0 Å². The maximum atomic E-state index is 11.8. The van der Waals surface area contributed by atoms with Gasteiger partial charge < -0.3 is 0 Å². The summed E-state index contributed by atoms with van der Waals surface area (Å²) < 4.78 is 23.5. The number of nitrogens with one attached hydrogen (secondary N) is 1. The minimum atomic E-state index is -2.37. The van der Waals surface area contributed by atoms with Gasteiger partial charge in [0.1, 0.15) is 5.16 Å². The zero-order chi connectivity index (χ0) is 8.27. The van der Waals surface area contributed by atoms with Crippen molar-refractivity contribution in [3.63, 3.8) is 0 Å². The molecule has 0 spiro atoms. The lowest BCUT2D eigenvalue weighted by Crippen LogP contribution is -2.36. The van der Waals surface area contributed by atoms with Crippen LogP contribution in [0.1, 0.15) is 0 Å². The van der Waals surface area contributed by atoms with Crippen molar-refractivity contribution in [1.29, 1.82) is 0 Å². The van der Waals surface area contributed by atoms with Gasteiger partial charge in [0.2, 0.25) is 0 Å². The molecule has 1 aliphatic heterocycles. The van der Waals surface area contributed by atoms with Crippen molar-refractivity contribution < 1.29 is 8.78 Å². The summed E-state index contributed by atoms with van der Waals surface area (Å²) in [5, 5.41) is 1.57. The first-order valence-electron chi connectivity index (χ1n) is 3.04. The number of allylic oxidation sites excluding steroid dienone is 2. The van der Waals surface area contributed by atoms with E-state index in [1.54, 1.807) is 12.2 Å². The van der Waals surface area contributed by atoms with Gasteiger partial charge in [-0.05, 0) is 12.2 Å². The van der Waals surface area contributed by atoms with Gasteiger partial charge >= 0.3 is 0 Å². The van der Waals surface area contributed by atoms with Gasteiger partial charge in [0.15, 0.2) is 0 Å². The fourth-order valence-electron chi connectivity index (χ4n) is 0.698. The second kappa shape index (κ2) is 3.57. The lowest BCUT2D eigenvalue weighted by molar-refractivity contribution is 0.0948. The van der Waals surface area contributed by atoms with Crippen molar-refractivity contribution in [3.8, 4) is 0 Å². The van der Waals surface area contributed by atoms with Crippen LogP contribution >= 0.6 is 11.6 Å². The number of hydrogen-bond acceptors (Lipinski definition) is 2. The predicted molar refractivity (Wildman–Crippen MR) is 38.9 cm³/mol. The van der Waals surface area contributed by atoms with Gasteiger partial charge in [0.05, 0.1) is 6.54 Å². The summed E-state index contributed by atoms with van der Waals surface area (Å²) in [6.45, 7) is -0.361. The van der Waals surface area contributed by atoms with E-state index >= 15 is 0 Å². The average molecular weight is 181 g/mol. The van der Waals surface area contributed by atoms with Gasteiger partial charge in [-0.1, -0.05) is 11.6 Å². The van der Waals surface area contributed by atoms with Crippen molar-refractivity contribution in [2.75, 3.05) is 6.54 Å². The Hall–Kier alpha value is -0.770. The molecule has 2 nitrogen and oxygen atoms in total. The predicted octanol–water partition coefficient (Wildman–Crippen LogP) is 1.67. The van der Waals surface area contributed by atoms with Crippen LogP contribution in [0.4, 0.5) is 8.78 Å². The summed E-state index contributed by atoms with van der Waals surface area (Å²) in [6.07, 6.45) is 2.32. The standard InChI is InChI=1S/C6H7ClF2N2/c7-5-2-1-3-11(10-5)4-6(8)9/h1-3,6,10H,4H2. The van der Waals surface area contributed by atoms with Crippen molar-refractivity contribution >= 4 is 11.6 Å². The monoisotopic (exact) mass is 180 g/mol. The average Bonchev–Trinajstić information content (AvgIpc) is 1.85. The second-order valence-corrected chi connectivity index (χ2v) is 2.42. The summed E-state index contributed by atoms with van der Waals surface area (Å²) >= 11 is 5.51. The molecule has 0 aliphatic carbocycles. The Kier molecular flexibility index (Phi) is 2.70. The third kappa shape index (κ3) is 2.76. The third-order valence-corrected chi connectivity index (χ3v) is 1.30. The summed E-state index contributed by atoms with van der Waals surface area (Å²) in [6, 6.07) is 0. The molecule has 0 unspecified atom stereocenters.